The van der Waals surface area contributed by atoms with Crippen molar-refractivity contribution in [2.75, 3.05) is 12.3 Å². The van der Waals surface area contributed by atoms with Crippen molar-refractivity contribution in [2.45, 2.75) is 57.4 Å². The van der Waals surface area contributed by atoms with Gasteiger partial charge in [0.2, 0.25) is 0 Å². The summed E-state index contributed by atoms with van der Waals surface area (Å²) in [6.45, 7) is 5.51. The predicted octanol–water partition coefficient (Wildman–Crippen LogP) is 3.47. The van der Waals surface area contributed by atoms with Crippen LogP contribution in [0.4, 0.5) is 0 Å². The summed E-state index contributed by atoms with van der Waals surface area (Å²) >= 11 is 5.92. The first-order valence-corrected chi connectivity index (χ1v) is 10.5. The van der Waals surface area contributed by atoms with Gasteiger partial charge in [-0.2, -0.15) is 0 Å². The summed E-state index contributed by atoms with van der Waals surface area (Å²) < 4.78 is 12.1. The number of hydrogen-bond acceptors (Lipinski definition) is 2. The Morgan fingerprint density at radius 2 is 2.04 bits per heavy atom. The van der Waals surface area contributed by atoms with Crippen LogP contribution in [0.3, 0.4) is 0 Å². The Labute approximate surface area is 152 Å². The Hall–Kier alpha value is -1.07. The maximum Gasteiger partial charge on any atom is 0.191 e. The largest absolute Gasteiger partial charge is 0.357 e. The molecular formula is C18H28ClN3OS. The number of halogens is 1. The number of aliphatic imine (C=N–C) groups is 1. The first kappa shape index (κ1) is 19.3. The van der Waals surface area contributed by atoms with Crippen molar-refractivity contribution < 1.29 is 4.21 Å². The molecule has 3 atom stereocenters. The van der Waals surface area contributed by atoms with Gasteiger partial charge in [0.15, 0.2) is 5.96 Å². The Morgan fingerprint density at radius 1 is 1.29 bits per heavy atom. The SMILES string of the molecule is CCNC(=NCc1ccc(Cl)cc1)NC1CCCC(S(=O)CC)C1. The standard InChI is InChI=1S/C18H28ClN3OS/c1-3-20-18(21-13-14-8-10-15(19)11-9-14)22-16-6-5-7-17(12-16)24(23)4-2/h8-11,16-17H,3-7,12-13H2,1-2H3,(H2,20,21,22). The van der Waals surface area contributed by atoms with Crippen LogP contribution in [-0.4, -0.2) is 33.8 Å². The van der Waals surface area contributed by atoms with Crippen LogP contribution in [0.5, 0.6) is 0 Å². The average molecular weight is 370 g/mol. The van der Waals surface area contributed by atoms with E-state index >= 15 is 0 Å². The molecule has 2 rings (SSSR count). The summed E-state index contributed by atoms with van der Waals surface area (Å²) in [7, 11) is -0.701. The second-order valence-electron chi connectivity index (χ2n) is 6.12. The van der Waals surface area contributed by atoms with Crippen LogP contribution < -0.4 is 10.6 Å². The molecule has 0 radical (unpaired) electrons. The molecule has 0 saturated heterocycles. The van der Waals surface area contributed by atoms with Crippen molar-refractivity contribution in [2.24, 2.45) is 4.99 Å². The summed E-state index contributed by atoms with van der Waals surface area (Å²) in [4.78, 5) is 4.67. The fourth-order valence-electron chi connectivity index (χ4n) is 3.02. The number of rotatable bonds is 6. The molecule has 1 aromatic carbocycles. The van der Waals surface area contributed by atoms with E-state index < -0.39 is 10.8 Å². The maximum absolute atomic E-state index is 12.1. The molecule has 2 N–H and O–H groups in total. The molecule has 1 fully saturated rings. The molecule has 134 valence electrons. The smallest absolute Gasteiger partial charge is 0.191 e. The first-order chi connectivity index (χ1) is 11.6. The number of guanidine groups is 1. The highest BCUT2D eigenvalue weighted by molar-refractivity contribution is 7.85. The van der Waals surface area contributed by atoms with Crippen LogP contribution in [0.25, 0.3) is 0 Å². The highest BCUT2D eigenvalue weighted by atomic mass is 35.5. The van der Waals surface area contributed by atoms with E-state index in [0.29, 0.717) is 17.8 Å². The summed E-state index contributed by atoms with van der Waals surface area (Å²) in [6.07, 6.45) is 4.29. The van der Waals surface area contributed by atoms with Gasteiger partial charge in [-0.05, 0) is 43.9 Å². The molecule has 0 spiro atoms. The van der Waals surface area contributed by atoms with Crippen molar-refractivity contribution in [3.63, 3.8) is 0 Å². The summed E-state index contributed by atoms with van der Waals surface area (Å²) in [5.74, 6) is 1.59. The number of nitrogens with zero attached hydrogens (tertiary/aromatic N) is 1. The molecule has 1 aromatic rings. The van der Waals surface area contributed by atoms with Crippen LogP contribution in [0.15, 0.2) is 29.3 Å². The molecule has 0 aromatic heterocycles. The molecule has 3 unspecified atom stereocenters. The van der Waals surface area contributed by atoms with E-state index in [4.69, 9.17) is 11.6 Å². The molecule has 6 heteroatoms. The molecular weight excluding hydrogens is 342 g/mol. The molecule has 0 aliphatic heterocycles. The van der Waals surface area contributed by atoms with Gasteiger partial charge >= 0.3 is 0 Å². The Morgan fingerprint density at radius 3 is 2.71 bits per heavy atom. The zero-order chi connectivity index (χ0) is 17.4. The van der Waals surface area contributed by atoms with E-state index in [1.165, 1.54) is 0 Å². The van der Waals surface area contributed by atoms with E-state index in [1.807, 2.05) is 31.2 Å². The van der Waals surface area contributed by atoms with Gasteiger partial charge in [-0.25, -0.2) is 4.99 Å². The van der Waals surface area contributed by atoms with E-state index in [2.05, 4.69) is 22.5 Å². The van der Waals surface area contributed by atoms with Gasteiger partial charge in [-0.3, -0.25) is 4.21 Å². The molecule has 1 aliphatic carbocycles. The van der Waals surface area contributed by atoms with Crippen LogP contribution in [0, 0.1) is 0 Å². The lowest BCUT2D eigenvalue weighted by atomic mass is 9.95. The maximum atomic E-state index is 12.1. The monoisotopic (exact) mass is 369 g/mol. The van der Waals surface area contributed by atoms with Gasteiger partial charge in [0.05, 0.1) is 6.54 Å². The first-order valence-electron chi connectivity index (χ1n) is 8.78. The highest BCUT2D eigenvalue weighted by Crippen LogP contribution is 2.23. The number of nitrogens with one attached hydrogen (secondary N) is 2. The second kappa shape index (κ2) is 10.0. The van der Waals surface area contributed by atoms with Crippen LogP contribution >= 0.6 is 11.6 Å². The third-order valence-electron chi connectivity index (χ3n) is 4.30. The minimum atomic E-state index is -0.701. The minimum Gasteiger partial charge on any atom is -0.357 e. The zero-order valence-electron chi connectivity index (χ0n) is 14.6. The van der Waals surface area contributed by atoms with Gasteiger partial charge in [0.25, 0.3) is 0 Å². The normalized spacial score (nSPS) is 22.9. The second-order valence-corrected chi connectivity index (χ2v) is 8.56. The van der Waals surface area contributed by atoms with Crippen LogP contribution in [0.2, 0.25) is 5.02 Å². The minimum absolute atomic E-state index is 0.320. The third kappa shape index (κ3) is 6.10. The Bertz CT molecular complexity index is 562. The van der Waals surface area contributed by atoms with Gasteiger partial charge in [-0.1, -0.05) is 37.1 Å². The molecule has 24 heavy (non-hydrogen) atoms. The number of hydrogen-bond donors (Lipinski definition) is 2. The zero-order valence-corrected chi connectivity index (χ0v) is 16.1. The molecule has 0 heterocycles. The fraction of sp³-hybridized carbons (Fsp3) is 0.611. The lowest BCUT2D eigenvalue weighted by molar-refractivity contribution is 0.413. The van der Waals surface area contributed by atoms with Crippen molar-refractivity contribution in [1.82, 2.24) is 10.6 Å². The number of benzene rings is 1. The lowest BCUT2D eigenvalue weighted by Gasteiger charge is -2.30. The van der Waals surface area contributed by atoms with Gasteiger partial charge in [-0.15, -0.1) is 0 Å². The highest BCUT2D eigenvalue weighted by Gasteiger charge is 2.25. The fourth-order valence-corrected chi connectivity index (χ4v) is 4.50. The van der Waals surface area contributed by atoms with Crippen LogP contribution in [-0.2, 0) is 17.3 Å². The summed E-state index contributed by atoms with van der Waals surface area (Å²) in [5.41, 5.74) is 1.13. The Kier molecular flexibility index (Phi) is 8.06. The molecule has 1 aliphatic rings. The summed E-state index contributed by atoms with van der Waals surface area (Å²) in [6, 6.07) is 8.12. The van der Waals surface area contributed by atoms with Gasteiger partial charge in [0.1, 0.15) is 0 Å². The average Bonchev–Trinajstić information content (AvgIpc) is 2.61. The van der Waals surface area contributed by atoms with Crippen molar-refractivity contribution >= 4 is 28.4 Å². The van der Waals surface area contributed by atoms with Crippen molar-refractivity contribution in [3.8, 4) is 0 Å². The predicted molar refractivity (Wildman–Crippen MR) is 104 cm³/mol. The van der Waals surface area contributed by atoms with E-state index in [0.717, 1.165) is 54.5 Å². The van der Waals surface area contributed by atoms with Crippen molar-refractivity contribution in [1.29, 1.82) is 0 Å². The van der Waals surface area contributed by atoms with Gasteiger partial charge < -0.3 is 10.6 Å². The van der Waals surface area contributed by atoms with E-state index in [1.54, 1.807) is 0 Å². The molecule has 0 amide bonds. The lowest BCUT2D eigenvalue weighted by Crippen LogP contribution is -2.46. The quantitative estimate of drug-likeness (QED) is 0.596. The summed E-state index contributed by atoms with van der Waals surface area (Å²) in [5, 5.41) is 7.89. The molecule has 1 saturated carbocycles. The molecule has 0 bridgehead atoms. The topological polar surface area (TPSA) is 53.5 Å². The van der Waals surface area contributed by atoms with Gasteiger partial charge in [0, 0.05) is 39.4 Å². The van der Waals surface area contributed by atoms with E-state index in [9.17, 15) is 4.21 Å². The van der Waals surface area contributed by atoms with Crippen LogP contribution in [0.1, 0.15) is 45.1 Å². The van der Waals surface area contributed by atoms with E-state index in [-0.39, 0.29) is 0 Å². The third-order valence-corrected chi connectivity index (χ3v) is 6.29. The van der Waals surface area contributed by atoms with Crippen molar-refractivity contribution in [3.05, 3.63) is 34.9 Å². The molecule has 4 nitrogen and oxygen atoms in total. The Balaban J connectivity index is 1.95.